The Labute approximate surface area is 163 Å². The first kappa shape index (κ1) is 19.0. The van der Waals surface area contributed by atoms with Crippen molar-refractivity contribution in [3.05, 3.63) is 95.1 Å². The van der Waals surface area contributed by atoms with Crippen molar-refractivity contribution in [1.82, 2.24) is 0 Å². The van der Waals surface area contributed by atoms with Gasteiger partial charge in [-0.2, -0.15) is 0 Å². The SMILES string of the molecule is C#CCc1ccccc1CP(Oc1ccccc1C)Oc1ccccc1C. The van der Waals surface area contributed by atoms with Crippen LogP contribution >= 0.6 is 8.38 Å². The van der Waals surface area contributed by atoms with E-state index >= 15 is 0 Å². The minimum atomic E-state index is -1.22. The molecule has 0 amide bonds. The summed E-state index contributed by atoms with van der Waals surface area (Å²) in [6.07, 6.45) is 6.82. The first-order valence-corrected chi connectivity index (χ1v) is 10.3. The van der Waals surface area contributed by atoms with E-state index in [1.807, 2.05) is 74.5 Å². The molecule has 0 atom stereocenters. The average molecular weight is 374 g/mol. The van der Waals surface area contributed by atoms with Gasteiger partial charge < -0.3 is 9.05 Å². The maximum absolute atomic E-state index is 6.33. The van der Waals surface area contributed by atoms with E-state index in [0.29, 0.717) is 12.6 Å². The molecule has 3 aromatic carbocycles. The van der Waals surface area contributed by atoms with Gasteiger partial charge in [-0.05, 0) is 48.2 Å². The van der Waals surface area contributed by atoms with Crippen LogP contribution in [0.4, 0.5) is 0 Å². The molecule has 0 spiro atoms. The molecule has 0 unspecified atom stereocenters. The van der Waals surface area contributed by atoms with Crippen molar-refractivity contribution in [1.29, 1.82) is 0 Å². The monoisotopic (exact) mass is 374 g/mol. The van der Waals surface area contributed by atoms with Crippen LogP contribution in [0.3, 0.4) is 0 Å². The summed E-state index contributed by atoms with van der Waals surface area (Å²) in [5.41, 5.74) is 4.50. The molecule has 136 valence electrons. The van der Waals surface area contributed by atoms with Crippen molar-refractivity contribution in [2.45, 2.75) is 26.4 Å². The molecule has 0 radical (unpaired) electrons. The van der Waals surface area contributed by atoms with Gasteiger partial charge in [-0.1, -0.05) is 60.7 Å². The number of hydrogen-bond acceptors (Lipinski definition) is 2. The highest BCUT2D eigenvalue weighted by atomic mass is 31.2. The van der Waals surface area contributed by atoms with Crippen molar-refractivity contribution in [3.63, 3.8) is 0 Å². The zero-order valence-electron chi connectivity index (χ0n) is 15.7. The van der Waals surface area contributed by atoms with Crippen molar-refractivity contribution in [2.75, 3.05) is 0 Å². The molecule has 3 rings (SSSR count). The second-order valence-corrected chi connectivity index (χ2v) is 7.70. The average Bonchev–Trinajstić information content (AvgIpc) is 2.67. The maximum atomic E-state index is 6.33. The van der Waals surface area contributed by atoms with Crippen LogP contribution in [0.2, 0.25) is 0 Å². The molecule has 3 aromatic rings. The van der Waals surface area contributed by atoms with E-state index in [2.05, 4.69) is 18.1 Å². The Balaban J connectivity index is 1.89. The molecular weight excluding hydrogens is 351 g/mol. The Morgan fingerprint density at radius 3 is 1.74 bits per heavy atom. The number of aryl methyl sites for hydroxylation is 2. The summed E-state index contributed by atoms with van der Waals surface area (Å²) in [4.78, 5) is 0. The molecule has 2 nitrogen and oxygen atoms in total. The van der Waals surface area contributed by atoms with E-state index in [1.165, 1.54) is 5.56 Å². The Hall–Kier alpha value is -2.75. The van der Waals surface area contributed by atoms with Gasteiger partial charge in [-0.25, -0.2) is 0 Å². The van der Waals surface area contributed by atoms with E-state index in [0.717, 1.165) is 28.2 Å². The molecule has 0 aliphatic heterocycles. The van der Waals surface area contributed by atoms with Crippen LogP contribution in [0.15, 0.2) is 72.8 Å². The van der Waals surface area contributed by atoms with Crippen LogP contribution in [-0.2, 0) is 12.6 Å². The fourth-order valence-corrected chi connectivity index (χ4v) is 4.36. The van der Waals surface area contributed by atoms with E-state index in [4.69, 9.17) is 15.5 Å². The lowest BCUT2D eigenvalue weighted by Crippen LogP contribution is -2.03. The fourth-order valence-electron chi connectivity index (χ4n) is 2.75. The number of hydrogen-bond donors (Lipinski definition) is 0. The molecule has 0 fully saturated rings. The second-order valence-electron chi connectivity index (χ2n) is 6.35. The largest absolute Gasteiger partial charge is 0.438 e. The maximum Gasteiger partial charge on any atom is 0.295 e. The minimum absolute atomic E-state index is 0.605. The number of rotatable bonds is 7. The zero-order chi connectivity index (χ0) is 19.1. The van der Waals surface area contributed by atoms with Gasteiger partial charge in [0.25, 0.3) is 8.38 Å². The van der Waals surface area contributed by atoms with Crippen LogP contribution in [-0.4, -0.2) is 0 Å². The highest BCUT2D eigenvalue weighted by Gasteiger charge is 2.19. The van der Waals surface area contributed by atoms with E-state index in [-0.39, 0.29) is 0 Å². The van der Waals surface area contributed by atoms with Gasteiger partial charge in [0.2, 0.25) is 0 Å². The summed E-state index contributed by atoms with van der Waals surface area (Å²) < 4.78 is 12.7. The molecule has 0 heterocycles. The predicted octanol–water partition coefficient (Wildman–Crippen LogP) is 6.45. The van der Waals surface area contributed by atoms with E-state index in [9.17, 15) is 0 Å². The third-order valence-corrected chi connectivity index (χ3v) is 5.70. The first-order chi connectivity index (χ1) is 13.2. The molecule has 0 N–H and O–H groups in total. The highest BCUT2D eigenvalue weighted by Crippen LogP contribution is 2.45. The summed E-state index contributed by atoms with van der Waals surface area (Å²) in [6, 6.07) is 24.3. The van der Waals surface area contributed by atoms with E-state index in [1.54, 1.807) is 0 Å². The van der Waals surface area contributed by atoms with Crippen LogP contribution in [0.1, 0.15) is 22.3 Å². The molecule has 0 aliphatic rings. The molecule has 0 saturated heterocycles. The van der Waals surface area contributed by atoms with Gasteiger partial charge in [0, 0.05) is 6.42 Å². The van der Waals surface area contributed by atoms with Crippen molar-refractivity contribution in [2.24, 2.45) is 0 Å². The Bertz CT molecular complexity index is 895. The number of benzene rings is 3. The van der Waals surface area contributed by atoms with Crippen molar-refractivity contribution >= 4 is 8.38 Å². The van der Waals surface area contributed by atoms with Gasteiger partial charge >= 0.3 is 0 Å². The standard InChI is InChI=1S/C24H23O2P/c1-4-11-21-14-7-8-15-22(21)18-27(25-23-16-9-5-12-19(23)2)26-24-17-10-6-13-20(24)3/h1,5-10,12-17H,11,18H2,2-3H3. The second kappa shape index (κ2) is 9.26. The van der Waals surface area contributed by atoms with Crippen LogP contribution < -0.4 is 9.05 Å². The van der Waals surface area contributed by atoms with Gasteiger partial charge in [0.15, 0.2) is 0 Å². The molecule has 0 aliphatic carbocycles. The molecule has 0 bridgehead atoms. The van der Waals surface area contributed by atoms with Crippen molar-refractivity contribution in [3.8, 4) is 23.8 Å². The summed E-state index contributed by atoms with van der Waals surface area (Å²) >= 11 is 0. The first-order valence-electron chi connectivity index (χ1n) is 8.92. The molecular formula is C24H23O2P. The third kappa shape index (κ3) is 5.13. The molecule has 3 heteroatoms. The third-order valence-electron chi connectivity index (χ3n) is 4.30. The minimum Gasteiger partial charge on any atom is -0.438 e. The van der Waals surface area contributed by atoms with Crippen LogP contribution in [0.25, 0.3) is 0 Å². The van der Waals surface area contributed by atoms with Crippen molar-refractivity contribution < 1.29 is 9.05 Å². The Kier molecular flexibility index (Phi) is 6.53. The Morgan fingerprint density at radius 2 is 1.22 bits per heavy atom. The van der Waals surface area contributed by atoms with Gasteiger partial charge in [0.05, 0.1) is 6.16 Å². The fraction of sp³-hybridized carbons (Fsp3) is 0.167. The summed E-state index contributed by atoms with van der Waals surface area (Å²) in [5, 5.41) is 0. The normalized spacial score (nSPS) is 10.4. The smallest absolute Gasteiger partial charge is 0.295 e. The summed E-state index contributed by atoms with van der Waals surface area (Å²) in [5.74, 6) is 4.45. The predicted molar refractivity (Wildman–Crippen MR) is 113 cm³/mol. The van der Waals surface area contributed by atoms with Crippen LogP contribution in [0.5, 0.6) is 11.5 Å². The lowest BCUT2D eigenvalue weighted by Gasteiger charge is -2.21. The number of terminal acetylenes is 1. The van der Waals surface area contributed by atoms with E-state index < -0.39 is 8.38 Å². The summed E-state index contributed by atoms with van der Waals surface area (Å²) in [6.45, 7) is 4.09. The highest BCUT2D eigenvalue weighted by molar-refractivity contribution is 7.47. The van der Waals surface area contributed by atoms with Gasteiger partial charge in [0.1, 0.15) is 11.5 Å². The Morgan fingerprint density at radius 1 is 0.741 bits per heavy atom. The zero-order valence-corrected chi connectivity index (χ0v) is 16.6. The molecule has 0 aromatic heterocycles. The lowest BCUT2D eigenvalue weighted by molar-refractivity contribution is 0.484. The molecule has 0 saturated carbocycles. The topological polar surface area (TPSA) is 18.5 Å². The van der Waals surface area contributed by atoms with Gasteiger partial charge in [-0.3, -0.25) is 0 Å². The van der Waals surface area contributed by atoms with Gasteiger partial charge in [-0.15, -0.1) is 12.3 Å². The molecule has 27 heavy (non-hydrogen) atoms. The lowest BCUT2D eigenvalue weighted by atomic mass is 10.1. The van der Waals surface area contributed by atoms with Crippen LogP contribution in [0, 0.1) is 26.2 Å². The summed E-state index contributed by atoms with van der Waals surface area (Å²) in [7, 11) is -1.22. The number of para-hydroxylation sites is 2. The quantitative estimate of drug-likeness (QED) is 0.349.